The Morgan fingerprint density at radius 3 is 2.14 bits per heavy atom. The Kier molecular flexibility index (Phi) is 3.96. The van der Waals surface area contributed by atoms with Gasteiger partial charge in [0, 0.05) is 6.54 Å². The average Bonchev–Trinajstić information content (AvgIpc) is 2.02. The zero-order valence-corrected chi connectivity index (χ0v) is 10.2. The maximum absolute atomic E-state index is 6.23. The standard InChI is InChI=1S/C12H25NO/c1-5-7-12(8-6-2)13-10-9-11(3,4)14-12/h13H,5-10H2,1-4H3. The molecule has 14 heavy (non-hydrogen) atoms. The summed E-state index contributed by atoms with van der Waals surface area (Å²) in [7, 11) is 0. The first-order chi connectivity index (χ1) is 6.54. The molecule has 2 heteroatoms. The van der Waals surface area contributed by atoms with Crippen LogP contribution in [-0.2, 0) is 4.74 Å². The summed E-state index contributed by atoms with van der Waals surface area (Å²) in [5, 5.41) is 3.57. The summed E-state index contributed by atoms with van der Waals surface area (Å²) < 4.78 is 6.23. The molecule has 1 N–H and O–H groups in total. The Labute approximate surface area is 88.4 Å². The molecule has 0 aromatic carbocycles. The van der Waals surface area contributed by atoms with E-state index < -0.39 is 0 Å². The Balaban J connectivity index is 2.65. The van der Waals surface area contributed by atoms with Crippen LogP contribution in [0.5, 0.6) is 0 Å². The first kappa shape index (κ1) is 12.0. The molecule has 1 rings (SSSR count). The van der Waals surface area contributed by atoms with Crippen LogP contribution >= 0.6 is 0 Å². The van der Waals surface area contributed by atoms with Gasteiger partial charge in [0.25, 0.3) is 0 Å². The molecule has 0 atom stereocenters. The van der Waals surface area contributed by atoms with Gasteiger partial charge in [-0.05, 0) is 33.1 Å². The van der Waals surface area contributed by atoms with Crippen molar-refractivity contribution in [3.8, 4) is 0 Å². The third kappa shape index (κ3) is 2.96. The molecule has 1 aliphatic rings. The molecule has 0 saturated carbocycles. The van der Waals surface area contributed by atoms with Gasteiger partial charge in [0.1, 0.15) is 5.72 Å². The lowest BCUT2D eigenvalue weighted by Gasteiger charge is -2.46. The van der Waals surface area contributed by atoms with Crippen molar-refractivity contribution >= 4 is 0 Å². The van der Waals surface area contributed by atoms with E-state index in [9.17, 15) is 0 Å². The zero-order valence-electron chi connectivity index (χ0n) is 10.2. The van der Waals surface area contributed by atoms with E-state index in [2.05, 4.69) is 33.0 Å². The molecule has 1 fully saturated rings. The number of hydrogen-bond acceptors (Lipinski definition) is 2. The summed E-state index contributed by atoms with van der Waals surface area (Å²) in [5.74, 6) is 0. The van der Waals surface area contributed by atoms with Gasteiger partial charge in [-0.15, -0.1) is 0 Å². The van der Waals surface area contributed by atoms with E-state index in [4.69, 9.17) is 4.74 Å². The predicted molar refractivity (Wildman–Crippen MR) is 60.3 cm³/mol. The van der Waals surface area contributed by atoms with Gasteiger partial charge in [0.15, 0.2) is 0 Å². The minimum atomic E-state index is -0.0365. The Bertz CT molecular complexity index is 166. The molecule has 1 saturated heterocycles. The fourth-order valence-corrected chi connectivity index (χ4v) is 2.42. The van der Waals surface area contributed by atoms with Crippen molar-refractivity contribution in [3.05, 3.63) is 0 Å². The van der Waals surface area contributed by atoms with Gasteiger partial charge in [-0.1, -0.05) is 26.7 Å². The van der Waals surface area contributed by atoms with Crippen LogP contribution in [0.25, 0.3) is 0 Å². The van der Waals surface area contributed by atoms with Crippen LogP contribution in [-0.4, -0.2) is 17.9 Å². The Morgan fingerprint density at radius 2 is 1.71 bits per heavy atom. The summed E-state index contributed by atoms with van der Waals surface area (Å²) in [6, 6.07) is 0. The molecule has 0 radical (unpaired) electrons. The lowest BCUT2D eigenvalue weighted by molar-refractivity contribution is -0.192. The van der Waals surface area contributed by atoms with E-state index in [1.807, 2.05) is 0 Å². The highest BCUT2D eigenvalue weighted by atomic mass is 16.5. The largest absolute Gasteiger partial charge is 0.355 e. The van der Waals surface area contributed by atoms with Crippen molar-refractivity contribution in [2.75, 3.05) is 6.54 Å². The molecule has 2 nitrogen and oxygen atoms in total. The maximum atomic E-state index is 6.23. The number of rotatable bonds is 4. The van der Waals surface area contributed by atoms with Crippen LogP contribution < -0.4 is 5.32 Å². The second kappa shape index (κ2) is 4.63. The zero-order chi connectivity index (χ0) is 10.7. The smallest absolute Gasteiger partial charge is 0.119 e. The Hall–Kier alpha value is -0.0800. The molecule has 0 spiro atoms. The molecule has 0 aromatic heterocycles. The molecule has 84 valence electrons. The molecular formula is C12H25NO. The van der Waals surface area contributed by atoms with Crippen molar-refractivity contribution in [2.24, 2.45) is 0 Å². The first-order valence-corrected chi connectivity index (χ1v) is 5.99. The third-order valence-electron chi connectivity index (χ3n) is 2.95. The second-order valence-corrected chi connectivity index (χ2v) is 5.03. The van der Waals surface area contributed by atoms with E-state index in [0.29, 0.717) is 0 Å². The molecule has 0 aromatic rings. The highest BCUT2D eigenvalue weighted by molar-refractivity contribution is 4.87. The van der Waals surface area contributed by atoms with E-state index in [-0.39, 0.29) is 11.3 Å². The fraction of sp³-hybridized carbons (Fsp3) is 1.00. The molecule has 0 unspecified atom stereocenters. The quantitative estimate of drug-likeness (QED) is 0.751. The van der Waals surface area contributed by atoms with E-state index in [1.165, 1.54) is 12.8 Å². The van der Waals surface area contributed by atoms with Gasteiger partial charge in [0.05, 0.1) is 5.60 Å². The summed E-state index contributed by atoms with van der Waals surface area (Å²) in [6.07, 6.45) is 5.74. The highest BCUT2D eigenvalue weighted by Gasteiger charge is 2.38. The van der Waals surface area contributed by atoms with Gasteiger partial charge in [-0.2, -0.15) is 0 Å². The van der Waals surface area contributed by atoms with Gasteiger partial charge in [-0.25, -0.2) is 0 Å². The summed E-state index contributed by atoms with van der Waals surface area (Å²) in [5.41, 5.74) is 0.0147. The maximum Gasteiger partial charge on any atom is 0.119 e. The minimum Gasteiger partial charge on any atom is -0.355 e. The monoisotopic (exact) mass is 199 g/mol. The lowest BCUT2D eigenvalue weighted by atomic mass is 9.94. The van der Waals surface area contributed by atoms with Gasteiger partial charge < -0.3 is 4.74 Å². The van der Waals surface area contributed by atoms with Crippen LogP contribution in [0.3, 0.4) is 0 Å². The van der Waals surface area contributed by atoms with E-state index >= 15 is 0 Å². The number of ether oxygens (including phenoxy) is 1. The van der Waals surface area contributed by atoms with E-state index in [0.717, 1.165) is 25.8 Å². The van der Waals surface area contributed by atoms with Gasteiger partial charge >= 0.3 is 0 Å². The SMILES string of the molecule is CCCC1(CCC)NCCC(C)(C)O1. The van der Waals surface area contributed by atoms with Crippen LogP contribution in [0.1, 0.15) is 59.8 Å². The number of hydrogen-bond donors (Lipinski definition) is 1. The van der Waals surface area contributed by atoms with Crippen molar-refractivity contribution in [3.63, 3.8) is 0 Å². The molecule has 0 aliphatic carbocycles. The average molecular weight is 199 g/mol. The van der Waals surface area contributed by atoms with Crippen LogP contribution in [0.2, 0.25) is 0 Å². The van der Waals surface area contributed by atoms with Gasteiger partial charge in [0.2, 0.25) is 0 Å². The topological polar surface area (TPSA) is 21.3 Å². The molecule has 1 aliphatic heterocycles. The third-order valence-corrected chi connectivity index (χ3v) is 2.95. The van der Waals surface area contributed by atoms with Crippen LogP contribution in [0.4, 0.5) is 0 Å². The fourth-order valence-electron chi connectivity index (χ4n) is 2.42. The van der Waals surface area contributed by atoms with Crippen LogP contribution in [0, 0.1) is 0 Å². The van der Waals surface area contributed by atoms with Crippen molar-refractivity contribution in [1.29, 1.82) is 0 Å². The van der Waals surface area contributed by atoms with Gasteiger partial charge in [-0.3, -0.25) is 5.32 Å². The lowest BCUT2D eigenvalue weighted by Crippen LogP contribution is -2.57. The highest BCUT2D eigenvalue weighted by Crippen LogP contribution is 2.32. The summed E-state index contributed by atoms with van der Waals surface area (Å²) in [6.45, 7) is 9.95. The minimum absolute atomic E-state index is 0.0365. The van der Waals surface area contributed by atoms with Crippen molar-refractivity contribution < 1.29 is 4.74 Å². The van der Waals surface area contributed by atoms with E-state index in [1.54, 1.807) is 0 Å². The summed E-state index contributed by atoms with van der Waals surface area (Å²) in [4.78, 5) is 0. The van der Waals surface area contributed by atoms with Crippen LogP contribution in [0.15, 0.2) is 0 Å². The van der Waals surface area contributed by atoms with Crippen molar-refractivity contribution in [2.45, 2.75) is 71.1 Å². The van der Waals surface area contributed by atoms with Crippen molar-refractivity contribution in [1.82, 2.24) is 5.32 Å². The Morgan fingerprint density at radius 1 is 1.14 bits per heavy atom. The molecular weight excluding hydrogens is 174 g/mol. The predicted octanol–water partition coefficient (Wildman–Crippen LogP) is 3.07. The number of nitrogens with one attached hydrogen (secondary N) is 1. The molecule has 0 bridgehead atoms. The summed E-state index contributed by atoms with van der Waals surface area (Å²) >= 11 is 0. The second-order valence-electron chi connectivity index (χ2n) is 5.03. The molecule has 0 amide bonds. The molecule has 1 heterocycles. The first-order valence-electron chi connectivity index (χ1n) is 5.99. The normalized spacial score (nSPS) is 24.9.